The number of rotatable bonds is 10. The topological polar surface area (TPSA) is 131 Å². The van der Waals surface area contributed by atoms with Crippen LogP contribution in [0.2, 0.25) is 0 Å². The zero-order chi connectivity index (χ0) is 39.4. The largest absolute Gasteiger partial charge is 0.458 e. The fourth-order valence-corrected chi connectivity index (χ4v) is 9.46. The molecule has 2 aromatic rings. The zero-order valence-electron chi connectivity index (χ0n) is 34.2. The summed E-state index contributed by atoms with van der Waals surface area (Å²) in [7, 11) is 1.68. The zero-order valence-corrected chi connectivity index (χ0v) is 34.2. The van der Waals surface area contributed by atoms with Gasteiger partial charge in [0.1, 0.15) is 11.9 Å². The van der Waals surface area contributed by atoms with Crippen molar-refractivity contribution in [2.24, 2.45) is 29.6 Å². The highest BCUT2D eigenvalue weighted by molar-refractivity contribution is 5.85. The molecule has 0 N–H and O–H groups in total. The van der Waals surface area contributed by atoms with E-state index in [1.54, 1.807) is 30.7 Å². The van der Waals surface area contributed by atoms with E-state index in [1.165, 1.54) is 0 Å². The third-order valence-electron chi connectivity index (χ3n) is 12.2. The molecule has 2 aromatic heterocycles. The number of pyridine rings is 1. The quantitative estimate of drug-likeness (QED) is 0.178. The second kappa shape index (κ2) is 17.6. The van der Waals surface area contributed by atoms with E-state index in [4.69, 9.17) is 23.7 Å². The highest BCUT2D eigenvalue weighted by Crippen LogP contribution is 2.43. The van der Waals surface area contributed by atoms with Crippen molar-refractivity contribution in [2.75, 3.05) is 13.7 Å². The SMILES string of the molecule is CC[C@H]1OC(=O)[C@H](C)[C@@H](O[C@H]2C[C@H](C)C[C@H](C)O2)[C@H](C)C[C@](C)(OC)C[C@@H](C)C(=O)[C@H](C)[C@H]2N(CCCCn3cnc(-c4cccnc4)c3)C(=O)O[C@]12C. The van der Waals surface area contributed by atoms with Gasteiger partial charge in [0.2, 0.25) is 0 Å². The number of fused-ring (bicyclic) bond motifs is 1. The third-order valence-corrected chi connectivity index (χ3v) is 12.2. The molecule has 12 nitrogen and oxygen atoms in total. The number of hydrogen-bond acceptors (Lipinski definition) is 10. The van der Waals surface area contributed by atoms with Gasteiger partial charge in [-0.1, -0.05) is 34.6 Å². The predicted molar refractivity (Wildman–Crippen MR) is 204 cm³/mol. The first-order valence-corrected chi connectivity index (χ1v) is 20.1. The van der Waals surface area contributed by atoms with E-state index in [1.807, 2.05) is 64.4 Å². The van der Waals surface area contributed by atoms with Crippen molar-refractivity contribution in [3.05, 3.63) is 37.1 Å². The molecule has 0 aromatic carbocycles. The van der Waals surface area contributed by atoms with E-state index in [9.17, 15) is 14.4 Å². The molecule has 0 spiro atoms. The lowest BCUT2D eigenvalue weighted by atomic mass is 9.74. The second-order valence-electron chi connectivity index (χ2n) is 16.9. The normalized spacial score (nSPS) is 37.0. The summed E-state index contributed by atoms with van der Waals surface area (Å²) >= 11 is 0. The van der Waals surface area contributed by atoms with Gasteiger partial charge >= 0.3 is 12.1 Å². The number of ketones is 1. The van der Waals surface area contributed by atoms with Crippen LogP contribution in [0, 0.1) is 29.6 Å². The molecule has 12 heteroatoms. The van der Waals surface area contributed by atoms with Crippen LogP contribution in [-0.4, -0.2) is 92.8 Å². The first kappa shape index (κ1) is 41.8. The standard InChI is InChI=1S/C42H64N4O8/c1-11-34-42(9)38(46(40(49)54-42)18-13-12-17-45-24-33(44-25-45)32-15-14-16-43-23-32)30(6)36(47)27(3)21-41(8,50-10)22-28(4)37(31(7)39(48)52-34)53-35-20-26(2)19-29(5)51-35/h14-16,23-31,34-35,37-38H,11-13,17-22H2,1-10H3/t26-,27-,28-,29+,30+,31-,34-,35+,37+,38-,41-,42-/m1/s1. The average molecular weight is 753 g/mol. The average Bonchev–Trinajstić information content (AvgIpc) is 3.71. The Morgan fingerprint density at radius 3 is 2.39 bits per heavy atom. The van der Waals surface area contributed by atoms with Crippen molar-refractivity contribution in [2.45, 2.75) is 156 Å². The molecule has 0 saturated carbocycles. The van der Waals surface area contributed by atoms with E-state index in [0.29, 0.717) is 44.7 Å². The molecule has 0 bridgehead atoms. The van der Waals surface area contributed by atoms with Crippen LogP contribution >= 0.6 is 0 Å². The lowest BCUT2D eigenvalue weighted by Gasteiger charge is -2.43. The molecular formula is C42H64N4O8. The minimum Gasteiger partial charge on any atom is -0.458 e. The van der Waals surface area contributed by atoms with Gasteiger partial charge in [-0.2, -0.15) is 0 Å². The van der Waals surface area contributed by atoms with E-state index in [0.717, 1.165) is 30.5 Å². The molecule has 0 radical (unpaired) electrons. The van der Waals surface area contributed by atoms with Crippen LogP contribution in [0.4, 0.5) is 4.79 Å². The summed E-state index contributed by atoms with van der Waals surface area (Å²) in [5.41, 5.74) is -0.157. The molecule has 0 aliphatic carbocycles. The Hall–Kier alpha value is -3.35. The van der Waals surface area contributed by atoms with Gasteiger partial charge in [0.25, 0.3) is 0 Å². The number of hydrogen-bond donors (Lipinski definition) is 0. The fraction of sp³-hybridized carbons (Fsp3) is 0.738. The van der Waals surface area contributed by atoms with Crippen molar-refractivity contribution in [3.63, 3.8) is 0 Å². The number of carbonyl (C=O) groups excluding carboxylic acids is 3. The van der Waals surface area contributed by atoms with Crippen LogP contribution in [0.15, 0.2) is 37.1 Å². The number of esters is 1. The van der Waals surface area contributed by atoms with Crippen molar-refractivity contribution in [3.8, 4) is 11.3 Å². The summed E-state index contributed by atoms with van der Waals surface area (Å²) in [5.74, 6) is -1.75. The monoisotopic (exact) mass is 752 g/mol. The van der Waals surface area contributed by atoms with Crippen molar-refractivity contribution in [1.29, 1.82) is 0 Å². The molecule has 3 aliphatic heterocycles. The number of imidazole rings is 1. The Balaban J connectivity index is 1.39. The van der Waals surface area contributed by atoms with Crippen molar-refractivity contribution < 1.29 is 38.1 Å². The molecule has 12 atom stereocenters. The van der Waals surface area contributed by atoms with Crippen molar-refractivity contribution in [1.82, 2.24) is 19.4 Å². The number of carbonyl (C=O) groups is 3. The molecule has 3 fully saturated rings. The smallest absolute Gasteiger partial charge is 0.410 e. The fourth-order valence-electron chi connectivity index (χ4n) is 9.46. The van der Waals surface area contributed by atoms with Crippen molar-refractivity contribution >= 4 is 17.8 Å². The third kappa shape index (κ3) is 9.36. The Bertz CT molecular complexity index is 1560. The number of aryl methyl sites for hydroxylation is 1. The highest BCUT2D eigenvalue weighted by atomic mass is 16.7. The Labute approximate surface area is 322 Å². The molecular weight excluding hydrogens is 688 g/mol. The number of methoxy groups -OCH3 is 1. The minimum atomic E-state index is -1.27. The van der Waals surface area contributed by atoms with Crippen LogP contribution in [-0.2, 0) is 39.8 Å². The van der Waals surface area contributed by atoms with E-state index < -0.39 is 59.6 Å². The molecule has 3 saturated heterocycles. The van der Waals surface area contributed by atoms with Gasteiger partial charge in [0.05, 0.1) is 41.8 Å². The summed E-state index contributed by atoms with van der Waals surface area (Å²) in [6.45, 7) is 18.9. The van der Waals surface area contributed by atoms with Crippen LogP contribution in [0.1, 0.15) is 107 Å². The molecule has 54 heavy (non-hydrogen) atoms. The second-order valence-corrected chi connectivity index (χ2v) is 16.9. The van der Waals surface area contributed by atoms with E-state index >= 15 is 0 Å². The first-order chi connectivity index (χ1) is 25.6. The van der Waals surface area contributed by atoms with E-state index in [2.05, 4.69) is 30.7 Å². The highest BCUT2D eigenvalue weighted by Gasteiger charge is 2.60. The molecule has 3 aliphatic rings. The summed E-state index contributed by atoms with van der Waals surface area (Å²) in [4.78, 5) is 53.0. The summed E-state index contributed by atoms with van der Waals surface area (Å²) in [6, 6.07) is 3.21. The lowest BCUT2D eigenvalue weighted by molar-refractivity contribution is -0.241. The Morgan fingerprint density at radius 2 is 1.72 bits per heavy atom. The van der Waals surface area contributed by atoms with Crippen LogP contribution < -0.4 is 0 Å². The number of cyclic esters (lactones) is 1. The molecule has 5 rings (SSSR count). The number of ether oxygens (including phenoxy) is 5. The number of aromatic nitrogens is 3. The maximum absolute atomic E-state index is 14.5. The van der Waals surface area contributed by atoms with Crippen LogP contribution in [0.3, 0.4) is 0 Å². The summed E-state index contributed by atoms with van der Waals surface area (Å²) in [6.07, 6.45) is 9.63. The Kier molecular flexibility index (Phi) is 13.6. The molecule has 5 heterocycles. The van der Waals surface area contributed by atoms with Crippen LogP contribution in [0.5, 0.6) is 0 Å². The maximum Gasteiger partial charge on any atom is 0.410 e. The van der Waals surface area contributed by atoms with E-state index in [-0.39, 0.29) is 23.7 Å². The first-order valence-electron chi connectivity index (χ1n) is 20.1. The van der Waals surface area contributed by atoms with Crippen LogP contribution in [0.25, 0.3) is 11.3 Å². The van der Waals surface area contributed by atoms with Gasteiger partial charge in [0.15, 0.2) is 11.9 Å². The Morgan fingerprint density at radius 1 is 0.981 bits per heavy atom. The van der Waals surface area contributed by atoms with Gasteiger partial charge < -0.3 is 33.2 Å². The molecule has 1 amide bonds. The number of nitrogens with zero attached hydrogens (tertiary/aromatic N) is 4. The maximum atomic E-state index is 14.5. The molecule has 0 unspecified atom stereocenters. The summed E-state index contributed by atoms with van der Waals surface area (Å²) in [5, 5.41) is 0. The number of Topliss-reactive ketones (excluding diaryl/α,β-unsaturated/α-hetero) is 1. The van der Waals surface area contributed by atoms with Gasteiger partial charge in [-0.05, 0) is 90.2 Å². The van der Waals surface area contributed by atoms with Gasteiger partial charge in [-0.3, -0.25) is 14.6 Å². The number of unbranched alkanes of at least 4 members (excludes halogenated alkanes) is 1. The van der Waals surface area contributed by atoms with Gasteiger partial charge in [-0.15, -0.1) is 0 Å². The summed E-state index contributed by atoms with van der Waals surface area (Å²) < 4.78 is 33.7. The predicted octanol–water partition coefficient (Wildman–Crippen LogP) is 7.49. The molecule has 300 valence electrons. The minimum absolute atomic E-state index is 0.0183. The number of amides is 1. The van der Waals surface area contributed by atoms with Gasteiger partial charge in [-0.25, -0.2) is 9.78 Å². The van der Waals surface area contributed by atoms with Gasteiger partial charge in [0, 0.05) is 62.6 Å². The lowest BCUT2D eigenvalue weighted by Crippen LogP contribution is -2.58.